The Morgan fingerprint density at radius 1 is 1.32 bits per heavy atom. The molecular weight excluding hydrogens is 425 g/mol. The van der Waals surface area contributed by atoms with E-state index in [0.29, 0.717) is 10.6 Å². The monoisotopic (exact) mass is 440 g/mol. The molecule has 0 spiro atoms. The van der Waals surface area contributed by atoms with E-state index in [1.807, 2.05) is 20.8 Å². The third-order valence-corrected chi connectivity index (χ3v) is 4.77. The zero-order valence-electron chi connectivity index (χ0n) is 13.8. The highest BCUT2D eigenvalue weighted by atomic mass is 79.9. The normalized spacial score (nSPS) is 20.6. The van der Waals surface area contributed by atoms with Crippen LogP contribution in [0.1, 0.15) is 38.3 Å². The Bertz CT molecular complexity index is 738. The molecule has 8 heteroatoms. The number of carboxylic acids is 1. The predicted octanol–water partition coefficient (Wildman–Crippen LogP) is 5.58. The van der Waals surface area contributed by atoms with Crippen molar-refractivity contribution in [3.05, 3.63) is 33.9 Å². The van der Waals surface area contributed by atoms with E-state index in [1.165, 1.54) is 12.1 Å². The van der Waals surface area contributed by atoms with Gasteiger partial charge in [-0.25, -0.2) is 4.79 Å². The summed E-state index contributed by atoms with van der Waals surface area (Å²) >= 11 is 9.20. The van der Waals surface area contributed by atoms with Crippen molar-refractivity contribution < 1.29 is 27.8 Å². The van der Waals surface area contributed by atoms with Crippen LogP contribution in [0.5, 0.6) is 5.75 Å². The van der Waals surface area contributed by atoms with Gasteiger partial charge in [-0.3, -0.25) is 0 Å². The summed E-state index contributed by atoms with van der Waals surface area (Å²) in [5.41, 5.74) is -3.35. The smallest absolute Gasteiger partial charge is 0.432 e. The molecule has 1 aromatic carbocycles. The second-order valence-corrected chi connectivity index (χ2v) is 8.05. The van der Waals surface area contributed by atoms with Crippen LogP contribution in [0.15, 0.2) is 17.7 Å². The minimum absolute atomic E-state index is 0.0300. The zero-order chi connectivity index (χ0) is 19.2. The highest BCUT2D eigenvalue weighted by Crippen LogP contribution is 2.49. The predicted molar refractivity (Wildman–Crippen MR) is 93.6 cm³/mol. The van der Waals surface area contributed by atoms with Crippen molar-refractivity contribution in [3.8, 4) is 5.75 Å². The van der Waals surface area contributed by atoms with Gasteiger partial charge in [0.1, 0.15) is 5.75 Å². The van der Waals surface area contributed by atoms with E-state index in [0.717, 1.165) is 6.08 Å². The number of aliphatic carboxylic acids is 1. The number of ether oxygens (including phenoxy) is 1. The van der Waals surface area contributed by atoms with Gasteiger partial charge in [-0.1, -0.05) is 48.3 Å². The summed E-state index contributed by atoms with van der Waals surface area (Å²) in [6, 6.07) is 2.90. The number of carboxylic acid groups (broad SMARTS) is 1. The van der Waals surface area contributed by atoms with Crippen LogP contribution in [0.4, 0.5) is 13.2 Å². The van der Waals surface area contributed by atoms with E-state index in [-0.39, 0.29) is 16.6 Å². The average Bonchev–Trinajstić information content (AvgIpc) is 2.44. The Kier molecular flexibility index (Phi) is 5.23. The summed E-state index contributed by atoms with van der Waals surface area (Å²) < 4.78 is 46.8. The number of carbonyl (C=O) groups is 1. The van der Waals surface area contributed by atoms with Gasteiger partial charge in [-0.15, -0.1) is 0 Å². The second kappa shape index (κ2) is 6.50. The molecular formula is C17H17BrClF3O3. The van der Waals surface area contributed by atoms with E-state index in [2.05, 4.69) is 15.9 Å². The molecule has 1 atom stereocenters. The maximum Gasteiger partial charge on any atom is 0.432 e. The summed E-state index contributed by atoms with van der Waals surface area (Å²) in [5, 5.41) is 9.61. The lowest BCUT2D eigenvalue weighted by Gasteiger charge is -2.39. The summed E-state index contributed by atoms with van der Waals surface area (Å²) in [5.74, 6) is -1.71. The van der Waals surface area contributed by atoms with Crippen molar-refractivity contribution in [1.82, 2.24) is 0 Å². The van der Waals surface area contributed by atoms with Crippen LogP contribution < -0.4 is 4.74 Å². The van der Waals surface area contributed by atoms with Crippen LogP contribution in [0, 0.1) is 0 Å². The van der Waals surface area contributed by atoms with E-state index < -0.39 is 35.2 Å². The lowest BCUT2D eigenvalue weighted by atomic mass is 9.83. The van der Waals surface area contributed by atoms with E-state index >= 15 is 0 Å². The Morgan fingerprint density at radius 3 is 2.36 bits per heavy atom. The molecule has 1 aliphatic heterocycles. The van der Waals surface area contributed by atoms with Gasteiger partial charge in [0.05, 0.1) is 5.57 Å². The largest absolute Gasteiger partial charge is 0.478 e. The number of rotatable bonds is 3. The molecule has 25 heavy (non-hydrogen) atoms. The molecule has 0 radical (unpaired) electrons. The molecule has 1 unspecified atom stereocenters. The number of benzene rings is 1. The first kappa shape index (κ1) is 20.1. The Hall–Kier alpha value is -1.21. The number of hydrogen-bond acceptors (Lipinski definition) is 2. The Labute approximate surface area is 156 Å². The first-order chi connectivity index (χ1) is 11.3. The summed E-state index contributed by atoms with van der Waals surface area (Å²) in [6.07, 6.45) is -4.47. The van der Waals surface area contributed by atoms with Gasteiger partial charge in [0.25, 0.3) is 0 Å². The molecule has 3 nitrogen and oxygen atoms in total. The van der Waals surface area contributed by atoms with Crippen LogP contribution in [0.3, 0.4) is 0 Å². The Morgan fingerprint density at radius 2 is 1.92 bits per heavy atom. The minimum Gasteiger partial charge on any atom is -0.478 e. The summed E-state index contributed by atoms with van der Waals surface area (Å²) in [6.45, 7) is 5.62. The van der Waals surface area contributed by atoms with Crippen LogP contribution in [0.2, 0.25) is 5.02 Å². The number of hydrogen-bond donors (Lipinski definition) is 1. The standard InChI is InChI=1S/C17H17BrClF3O3/c1-15(2,3)10-8-13-9(7-12(10)19)6-11(14(23)24)16(25-13,4-5-18)17(20,21)22/h6-8H,4-5H2,1-3H3,(H,23,24). The Balaban J connectivity index is 2.75. The van der Waals surface area contributed by atoms with Crippen LogP contribution in [-0.4, -0.2) is 28.2 Å². The fourth-order valence-electron chi connectivity index (χ4n) is 2.77. The van der Waals surface area contributed by atoms with Crippen LogP contribution in [-0.2, 0) is 10.2 Å². The van der Waals surface area contributed by atoms with Gasteiger partial charge in [-0.05, 0) is 29.2 Å². The number of halogens is 5. The first-order valence-electron chi connectivity index (χ1n) is 7.44. The van der Waals surface area contributed by atoms with E-state index in [4.69, 9.17) is 16.3 Å². The third kappa shape index (κ3) is 3.53. The maximum absolute atomic E-state index is 13.8. The molecule has 0 amide bonds. The molecule has 0 bridgehead atoms. The molecule has 1 N–H and O–H groups in total. The highest BCUT2D eigenvalue weighted by molar-refractivity contribution is 9.09. The SMILES string of the molecule is CC(C)(C)c1cc2c(cc1Cl)C=C(C(=O)O)C(CCBr)(C(F)(F)F)O2. The summed E-state index contributed by atoms with van der Waals surface area (Å²) in [7, 11) is 0. The molecule has 0 aliphatic carbocycles. The van der Waals surface area contributed by atoms with Crippen molar-refractivity contribution in [1.29, 1.82) is 0 Å². The van der Waals surface area contributed by atoms with Crippen LogP contribution in [0.25, 0.3) is 6.08 Å². The van der Waals surface area contributed by atoms with E-state index in [9.17, 15) is 23.1 Å². The molecule has 0 saturated heterocycles. The van der Waals surface area contributed by atoms with Crippen molar-refractivity contribution in [2.24, 2.45) is 0 Å². The minimum atomic E-state index is -4.90. The van der Waals surface area contributed by atoms with Crippen molar-refractivity contribution in [2.45, 2.75) is 44.4 Å². The maximum atomic E-state index is 13.8. The van der Waals surface area contributed by atoms with Gasteiger partial charge in [0.2, 0.25) is 5.60 Å². The highest BCUT2D eigenvalue weighted by Gasteiger charge is 2.62. The molecule has 1 heterocycles. The van der Waals surface area contributed by atoms with Gasteiger partial charge >= 0.3 is 12.1 Å². The molecule has 0 saturated carbocycles. The molecule has 1 aliphatic rings. The number of fused-ring (bicyclic) bond motifs is 1. The fourth-order valence-corrected chi connectivity index (χ4v) is 3.78. The van der Waals surface area contributed by atoms with E-state index in [1.54, 1.807) is 0 Å². The molecule has 2 rings (SSSR count). The lowest BCUT2D eigenvalue weighted by molar-refractivity contribution is -0.235. The lowest BCUT2D eigenvalue weighted by Crippen LogP contribution is -2.55. The summed E-state index contributed by atoms with van der Waals surface area (Å²) in [4.78, 5) is 11.5. The average molecular weight is 442 g/mol. The van der Waals surface area contributed by atoms with Crippen molar-refractivity contribution >= 4 is 39.6 Å². The van der Waals surface area contributed by atoms with Crippen molar-refractivity contribution in [2.75, 3.05) is 5.33 Å². The molecule has 0 aromatic heterocycles. The number of alkyl halides is 4. The first-order valence-corrected chi connectivity index (χ1v) is 8.94. The molecule has 1 aromatic rings. The van der Waals surface area contributed by atoms with Gasteiger partial charge in [0, 0.05) is 22.3 Å². The van der Waals surface area contributed by atoms with Crippen molar-refractivity contribution in [3.63, 3.8) is 0 Å². The van der Waals surface area contributed by atoms with Crippen LogP contribution >= 0.6 is 27.5 Å². The fraction of sp³-hybridized carbons (Fsp3) is 0.471. The third-order valence-electron chi connectivity index (χ3n) is 4.06. The quantitative estimate of drug-likeness (QED) is 0.623. The zero-order valence-corrected chi connectivity index (χ0v) is 16.1. The van der Waals surface area contributed by atoms with Gasteiger partial charge in [-0.2, -0.15) is 13.2 Å². The second-order valence-electron chi connectivity index (χ2n) is 6.85. The van der Waals surface area contributed by atoms with Gasteiger partial charge in [0.15, 0.2) is 0 Å². The molecule has 138 valence electrons. The molecule has 0 fully saturated rings. The topological polar surface area (TPSA) is 46.5 Å². The van der Waals surface area contributed by atoms with Gasteiger partial charge < -0.3 is 9.84 Å².